The summed E-state index contributed by atoms with van der Waals surface area (Å²) in [6.45, 7) is 7.05. The summed E-state index contributed by atoms with van der Waals surface area (Å²) < 4.78 is 5.27. The third-order valence-electron chi connectivity index (χ3n) is 3.24. The molecule has 0 saturated carbocycles. The van der Waals surface area contributed by atoms with Crippen molar-refractivity contribution in [1.82, 2.24) is 4.90 Å². The van der Waals surface area contributed by atoms with Gasteiger partial charge in [-0.25, -0.2) is 4.79 Å². The van der Waals surface area contributed by atoms with Crippen LogP contribution in [0.25, 0.3) is 0 Å². The number of carboxylic acid groups (broad SMARTS) is 1. The maximum absolute atomic E-state index is 12.0. The second kappa shape index (κ2) is 6.81. The number of hydrogen-bond donors (Lipinski definition) is 1. The van der Waals surface area contributed by atoms with Crippen molar-refractivity contribution in [1.29, 1.82) is 0 Å². The van der Waals surface area contributed by atoms with Crippen LogP contribution < -0.4 is 0 Å². The molecular weight excluding hydrogens is 282 g/mol. The SMILES string of the molecule is CN(CC(C)(Cc1ccccc1)C(=O)O)C(=O)OC(C)(C)C. The zero-order valence-electron chi connectivity index (χ0n) is 13.9. The molecular formula is C17H25NO4. The van der Waals surface area contributed by atoms with Crippen LogP contribution in [0.1, 0.15) is 33.3 Å². The van der Waals surface area contributed by atoms with Crippen LogP contribution in [0, 0.1) is 5.41 Å². The maximum Gasteiger partial charge on any atom is 0.410 e. The van der Waals surface area contributed by atoms with E-state index in [1.165, 1.54) is 4.90 Å². The lowest BCUT2D eigenvalue weighted by Crippen LogP contribution is -2.45. The van der Waals surface area contributed by atoms with Crippen LogP contribution in [0.2, 0.25) is 0 Å². The molecule has 0 bridgehead atoms. The fraction of sp³-hybridized carbons (Fsp3) is 0.529. The Morgan fingerprint density at radius 1 is 1.14 bits per heavy atom. The number of benzene rings is 1. The van der Waals surface area contributed by atoms with Crippen molar-refractivity contribution < 1.29 is 19.4 Å². The molecule has 1 N–H and O–H groups in total. The third kappa shape index (κ3) is 5.39. The van der Waals surface area contributed by atoms with E-state index in [2.05, 4.69) is 0 Å². The highest BCUT2D eigenvalue weighted by Gasteiger charge is 2.36. The van der Waals surface area contributed by atoms with E-state index >= 15 is 0 Å². The lowest BCUT2D eigenvalue weighted by atomic mass is 9.83. The molecule has 5 nitrogen and oxygen atoms in total. The molecule has 1 aromatic rings. The molecule has 1 rings (SSSR count). The van der Waals surface area contributed by atoms with Crippen molar-refractivity contribution in [2.75, 3.05) is 13.6 Å². The quantitative estimate of drug-likeness (QED) is 0.907. The molecule has 1 atom stereocenters. The summed E-state index contributed by atoms with van der Waals surface area (Å²) in [6, 6.07) is 9.39. The number of rotatable bonds is 5. The Morgan fingerprint density at radius 2 is 1.68 bits per heavy atom. The zero-order valence-corrected chi connectivity index (χ0v) is 13.9. The number of nitrogens with zero attached hydrogens (tertiary/aromatic N) is 1. The molecule has 0 radical (unpaired) electrons. The molecule has 0 aliphatic carbocycles. The Kier molecular flexibility index (Phi) is 5.58. The number of aliphatic carboxylic acids is 1. The van der Waals surface area contributed by atoms with Gasteiger partial charge in [-0.1, -0.05) is 30.3 Å². The standard InChI is InChI=1S/C17H25NO4/c1-16(2,3)22-15(21)18(5)12-17(4,14(19)20)11-13-9-7-6-8-10-13/h6-10H,11-12H2,1-5H3,(H,19,20). The Balaban J connectivity index is 2.83. The first-order valence-corrected chi connectivity index (χ1v) is 7.25. The Hall–Kier alpha value is -2.04. The van der Waals surface area contributed by atoms with E-state index in [1.54, 1.807) is 34.7 Å². The van der Waals surface area contributed by atoms with Crippen molar-refractivity contribution in [3.63, 3.8) is 0 Å². The first-order chi connectivity index (χ1) is 10.0. The summed E-state index contributed by atoms with van der Waals surface area (Å²) in [5.74, 6) is -0.938. The van der Waals surface area contributed by atoms with Gasteiger partial charge in [-0.05, 0) is 39.7 Å². The van der Waals surface area contributed by atoms with E-state index in [1.807, 2.05) is 30.3 Å². The molecule has 5 heteroatoms. The summed E-state index contributed by atoms with van der Waals surface area (Å²) >= 11 is 0. The van der Waals surface area contributed by atoms with Gasteiger partial charge >= 0.3 is 12.1 Å². The molecule has 0 fully saturated rings. The molecule has 0 spiro atoms. The third-order valence-corrected chi connectivity index (χ3v) is 3.24. The minimum absolute atomic E-state index is 0.0755. The summed E-state index contributed by atoms with van der Waals surface area (Å²) in [5, 5.41) is 9.58. The highest BCUT2D eigenvalue weighted by molar-refractivity contribution is 5.76. The van der Waals surface area contributed by atoms with Gasteiger partial charge in [0.25, 0.3) is 0 Å². The van der Waals surface area contributed by atoms with Gasteiger partial charge < -0.3 is 14.7 Å². The Bertz CT molecular complexity index is 521. The van der Waals surface area contributed by atoms with E-state index in [0.717, 1.165) is 5.56 Å². The van der Waals surface area contributed by atoms with Crippen LogP contribution in [0.5, 0.6) is 0 Å². The lowest BCUT2D eigenvalue weighted by Gasteiger charge is -2.31. The van der Waals surface area contributed by atoms with Gasteiger partial charge in [0.15, 0.2) is 0 Å². The fourth-order valence-corrected chi connectivity index (χ4v) is 2.17. The molecule has 1 unspecified atom stereocenters. The van der Waals surface area contributed by atoms with Crippen LogP contribution in [0.4, 0.5) is 4.79 Å². The van der Waals surface area contributed by atoms with Gasteiger partial charge in [-0.2, -0.15) is 0 Å². The number of carboxylic acids is 1. The van der Waals surface area contributed by atoms with Crippen molar-refractivity contribution >= 4 is 12.1 Å². The van der Waals surface area contributed by atoms with E-state index in [9.17, 15) is 14.7 Å². The predicted molar refractivity (Wildman–Crippen MR) is 84.8 cm³/mol. The molecule has 0 aromatic heterocycles. The number of amides is 1. The van der Waals surface area contributed by atoms with Crippen LogP contribution >= 0.6 is 0 Å². The van der Waals surface area contributed by atoms with Gasteiger partial charge in [-0.3, -0.25) is 4.79 Å². The number of hydrogen-bond acceptors (Lipinski definition) is 3. The molecule has 122 valence electrons. The monoisotopic (exact) mass is 307 g/mol. The second-order valence-corrected chi connectivity index (χ2v) is 6.86. The first kappa shape index (κ1) is 18.0. The van der Waals surface area contributed by atoms with Crippen molar-refractivity contribution in [2.24, 2.45) is 5.41 Å². The van der Waals surface area contributed by atoms with E-state index in [4.69, 9.17) is 4.74 Å². The smallest absolute Gasteiger partial charge is 0.410 e. The van der Waals surface area contributed by atoms with Crippen molar-refractivity contribution in [2.45, 2.75) is 39.7 Å². The molecule has 1 aromatic carbocycles. The van der Waals surface area contributed by atoms with Crippen LogP contribution in [0.15, 0.2) is 30.3 Å². The van der Waals surface area contributed by atoms with Crippen LogP contribution in [-0.4, -0.2) is 41.3 Å². The topological polar surface area (TPSA) is 66.8 Å². The van der Waals surface area contributed by atoms with Crippen LogP contribution in [-0.2, 0) is 16.0 Å². The van der Waals surface area contributed by atoms with E-state index in [0.29, 0.717) is 6.42 Å². The summed E-state index contributed by atoms with van der Waals surface area (Å²) in [7, 11) is 1.56. The maximum atomic E-state index is 12.0. The molecule has 22 heavy (non-hydrogen) atoms. The minimum Gasteiger partial charge on any atom is -0.481 e. The van der Waals surface area contributed by atoms with Crippen molar-refractivity contribution in [3.05, 3.63) is 35.9 Å². The normalized spacial score (nSPS) is 14.0. The van der Waals surface area contributed by atoms with Gasteiger partial charge in [0.2, 0.25) is 0 Å². The molecule has 0 aliphatic heterocycles. The predicted octanol–water partition coefficient (Wildman–Crippen LogP) is 3.19. The van der Waals surface area contributed by atoms with Crippen LogP contribution in [0.3, 0.4) is 0 Å². The van der Waals surface area contributed by atoms with Gasteiger partial charge in [0, 0.05) is 13.6 Å². The first-order valence-electron chi connectivity index (χ1n) is 7.25. The lowest BCUT2D eigenvalue weighted by molar-refractivity contribution is -0.148. The number of carbonyl (C=O) groups is 2. The second-order valence-electron chi connectivity index (χ2n) is 6.86. The van der Waals surface area contributed by atoms with E-state index < -0.39 is 23.1 Å². The minimum atomic E-state index is -1.08. The molecule has 0 aliphatic rings. The summed E-state index contributed by atoms with van der Waals surface area (Å²) in [6.07, 6.45) is -0.177. The zero-order chi connectivity index (χ0) is 17.0. The molecule has 1 amide bonds. The largest absolute Gasteiger partial charge is 0.481 e. The summed E-state index contributed by atoms with van der Waals surface area (Å²) in [5.41, 5.74) is -0.762. The average Bonchev–Trinajstić information content (AvgIpc) is 2.37. The Morgan fingerprint density at radius 3 is 2.14 bits per heavy atom. The number of ether oxygens (including phenoxy) is 1. The highest BCUT2D eigenvalue weighted by Crippen LogP contribution is 2.25. The fourth-order valence-electron chi connectivity index (χ4n) is 2.17. The highest BCUT2D eigenvalue weighted by atomic mass is 16.6. The van der Waals surface area contributed by atoms with Gasteiger partial charge in [0.1, 0.15) is 5.60 Å². The molecule has 0 heterocycles. The molecule has 0 saturated heterocycles. The number of carbonyl (C=O) groups excluding carboxylic acids is 1. The van der Waals surface area contributed by atoms with Crippen molar-refractivity contribution in [3.8, 4) is 0 Å². The van der Waals surface area contributed by atoms with Gasteiger partial charge in [-0.15, -0.1) is 0 Å². The van der Waals surface area contributed by atoms with E-state index in [-0.39, 0.29) is 6.54 Å². The Labute approximate surface area is 131 Å². The summed E-state index contributed by atoms with van der Waals surface area (Å²) in [4.78, 5) is 25.0. The van der Waals surface area contributed by atoms with Gasteiger partial charge in [0.05, 0.1) is 5.41 Å². The average molecular weight is 307 g/mol.